The Balaban J connectivity index is 1.94. The lowest BCUT2D eigenvalue weighted by molar-refractivity contribution is 0.0696. The zero-order valence-corrected chi connectivity index (χ0v) is 11.2. The molecule has 0 aliphatic rings. The van der Waals surface area contributed by atoms with Crippen LogP contribution in [0.3, 0.4) is 0 Å². The van der Waals surface area contributed by atoms with E-state index in [0.29, 0.717) is 12.4 Å². The Labute approximate surface area is 118 Å². The minimum atomic E-state index is -0.927. The van der Waals surface area contributed by atoms with E-state index in [1.54, 1.807) is 18.2 Å². The molecule has 0 radical (unpaired) electrons. The second-order valence-corrected chi connectivity index (χ2v) is 4.41. The van der Waals surface area contributed by atoms with Crippen molar-refractivity contribution in [3.05, 3.63) is 71.3 Å². The van der Waals surface area contributed by atoms with Gasteiger partial charge in [0.25, 0.3) is 0 Å². The van der Waals surface area contributed by atoms with Crippen LogP contribution in [-0.4, -0.2) is 17.7 Å². The smallest absolute Gasteiger partial charge is 0.335 e. The monoisotopic (exact) mass is 268 g/mol. The molecule has 0 aliphatic heterocycles. The summed E-state index contributed by atoms with van der Waals surface area (Å²) in [5.41, 5.74) is 2.21. The van der Waals surface area contributed by atoms with E-state index < -0.39 is 5.97 Å². The highest BCUT2D eigenvalue weighted by Crippen LogP contribution is 2.19. The third-order valence-corrected chi connectivity index (χ3v) is 2.87. The number of rotatable bonds is 5. The number of carboxylic acids is 1. The summed E-state index contributed by atoms with van der Waals surface area (Å²) in [5.74, 6) is -0.226. The number of carboxylic acid groups (broad SMARTS) is 1. The zero-order valence-electron chi connectivity index (χ0n) is 11.2. The fourth-order valence-corrected chi connectivity index (χ4v) is 1.83. The van der Waals surface area contributed by atoms with Gasteiger partial charge in [0.1, 0.15) is 12.4 Å². The molecular formula is C17H16O3. The first-order valence-corrected chi connectivity index (χ1v) is 6.35. The molecule has 3 heteroatoms. The van der Waals surface area contributed by atoms with Crippen molar-refractivity contribution in [2.45, 2.75) is 6.92 Å². The molecule has 3 nitrogen and oxygen atoms in total. The standard InChI is InChI=1S/C17H16O3/c1-13-12-15(17(18)19)9-10-16(13)20-11-5-8-14-6-3-2-4-7-14/h2-10,12H,11H2,1H3,(H,18,19). The maximum Gasteiger partial charge on any atom is 0.335 e. The molecule has 0 bridgehead atoms. The van der Waals surface area contributed by atoms with E-state index in [0.717, 1.165) is 11.1 Å². The largest absolute Gasteiger partial charge is 0.489 e. The summed E-state index contributed by atoms with van der Waals surface area (Å²) in [6, 6.07) is 14.8. The Hall–Kier alpha value is -2.55. The third-order valence-electron chi connectivity index (χ3n) is 2.87. The number of aryl methyl sites for hydroxylation is 1. The predicted molar refractivity (Wildman–Crippen MR) is 79.1 cm³/mol. The number of benzene rings is 2. The molecule has 0 heterocycles. The van der Waals surface area contributed by atoms with Crippen LogP contribution in [0.25, 0.3) is 6.08 Å². The van der Waals surface area contributed by atoms with Gasteiger partial charge in [0, 0.05) is 0 Å². The Morgan fingerprint density at radius 2 is 1.95 bits per heavy atom. The molecule has 0 saturated carbocycles. The fourth-order valence-electron chi connectivity index (χ4n) is 1.83. The summed E-state index contributed by atoms with van der Waals surface area (Å²) in [5, 5.41) is 8.89. The van der Waals surface area contributed by atoms with E-state index in [4.69, 9.17) is 9.84 Å². The van der Waals surface area contributed by atoms with Gasteiger partial charge < -0.3 is 9.84 Å². The summed E-state index contributed by atoms with van der Waals surface area (Å²) >= 11 is 0. The Kier molecular flexibility index (Phi) is 4.56. The number of aromatic carboxylic acids is 1. The van der Waals surface area contributed by atoms with Crippen LogP contribution in [-0.2, 0) is 0 Å². The molecule has 0 amide bonds. The molecule has 0 aromatic heterocycles. The number of hydrogen-bond acceptors (Lipinski definition) is 2. The quantitative estimate of drug-likeness (QED) is 0.897. The van der Waals surface area contributed by atoms with Crippen LogP contribution in [0, 0.1) is 6.92 Å². The van der Waals surface area contributed by atoms with Crippen LogP contribution < -0.4 is 4.74 Å². The van der Waals surface area contributed by atoms with Crippen molar-refractivity contribution in [3.8, 4) is 5.75 Å². The maximum atomic E-state index is 10.8. The molecule has 1 N–H and O–H groups in total. The van der Waals surface area contributed by atoms with Crippen LogP contribution in [0.1, 0.15) is 21.5 Å². The molecule has 102 valence electrons. The molecule has 0 aliphatic carbocycles. The second-order valence-electron chi connectivity index (χ2n) is 4.41. The van der Waals surface area contributed by atoms with Crippen LogP contribution in [0.2, 0.25) is 0 Å². The van der Waals surface area contributed by atoms with Gasteiger partial charge in [-0.05, 0) is 42.3 Å². The van der Waals surface area contributed by atoms with Gasteiger partial charge in [0.05, 0.1) is 5.56 Å². The molecule has 0 spiro atoms. The minimum absolute atomic E-state index is 0.273. The number of ether oxygens (including phenoxy) is 1. The summed E-state index contributed by atoms with van der Waals surface area (Å²) in [6.45, 7) is 2.28. The van der Waals surface area contributed by atoms with Gasteiger partial charge in [-0.1, -0.05) is 36.4 Å². The van der Waals surface area contributed by atoms with Crippen molar-refractivity contribution in [1.29, 1.82) is 0 Å². The van der Waals surface area contributed by atoms with E-state index in [2.05, 4.69) is 0 Å². The summed E-state index contributed by atoms with van der Waals surface area (Å²) in [4.78, 5) is 10.8. The van der Waals surface area contributed by atoms with Crippen LogP contribution in [0.4, 0.5) is 0 Å². The molecule has 20 heavy (non-hydrogen) atoms. The van der Waals surface area contributed by atoms with Gasteiger partial charge in [-0.3, -0.25) is 0 Å². The van der Waals surface area contributed by atoms with Gasteiger partial charge in [0.15, 0.2) is 0 Å². The molecule has 2 aromatic carbocycles. The third kappa shape index (κ3) is 3.72. The van der Waals surface area contributed by atoms with Crippen molar-refractivity contribution in [2.75, 3.05) is 6.61 Å². The highest BCUT2D eigenvalue weighted by atomic mass is 16.5. The first-order chi connectivity index (χ1) is 9.66. The highest BCUT2D eigenvalue weighted by Gasteiger charge is 2.05. The summed E-state index contributed by atoms with van der Waals surface area (Å²) in [6.07, 6.45) is 3.92. The van der Waals surface area contributed by atoms with Gasteiger partial charge in [-0.2, -0.15) is 0 Å². The van der Waals surface area contributed by atoms with Crippen LogP contribution in [0.5, 0.6) is 5.75 Å². The maximum absolute atomic E-state index is 10.8. The average Bonchev–Trinajstić information content (AvgIpc) is 2.46. The van der Waals surface area contributed by atoms with Gasteiger partial charge >= 0.3 is 5.97 Å². The predicted octanol–water partition coefficient (Wildman–Crippen LogP) is 3.79. The van der Waals surface area contributed by atoms with Gasteiger partial charge in [-0.15, -0.1) is 0 Å². The molecule has 0 saturated heterocycles. The van der Waals surface area contributed by atoms with E-state index >= 15 is 0 Å². The van der Waals surface area contributed by atoms with Crippen molar-refractivity contribution in [1.82, 2.24) is 0 Å². The summed E-state index contributed by atoms with van der Waals surface area (Å²) < 4.78 is 5.61. The average molecular weight is 268 g/mol. The van der Waals surface area contributed by atoms with Gasteiger partial charge in [-0.25, -0.2) is 4.79 Å². The number of hydrogen-bond donors (Lipinski definition) is 1. The Morgan fingerprint density at radius 3 is 2.60 bits per heavy atom. The van der Waals surface area contributed by atoms with Crippen molar-refractivity contribution < 1.29 is 14.6 Å². The highest BCUT2D eigenvalue weighted by molar-refractivity contribution is 5.88. The van der Waals surface area contributed by atoms with Crippen molar-refractivity contribution >= 4 is 12.0 Å². The molecule has 2 rings (SSSR count). The lowest BCUT2D eigenvalue weighted by atomic mass is 10.1. The Morgan fingerprint density at radius 1 is 1.20 bits per heavy atom. The van der Waals surface area contributed by atoms with Crippen molar-refractivity contribution in [3.63, 3.8) is 0 Å². The van der Waals surface area contributed by atoms with E-state index in [1.165, 1.54) is 0 Å². The fraction of sp³-hybridized carbons (Fsp3) is 0.118. The number of carbonyl (C=O) groups is 1. The molecule has 0 fully saturated rings. The minimum Gasteiger partial charge on any atom is -0.489 e. The van der Waals surface area contributed by atoms with Crippen LogP contribution >= 0.6 is 0 Å². The molecule has 0 unspecified atom stereocenters. The molecule has 0 atom stereocenters. The van der Waals surface area contributed by atoms with E-state index in [9.17, 15) is 4.79 Å². The first-order valence-electron chi connectivity index (χ1n) is 6.35. The molecular weight excluding hydrogens is 252 g/mol. The van der Waals surface area contributed by atoms with Crippen LogP contribution in [0.15, 0.2) is 54.6 Å². The lowest BCUT2D eigenvalue weighted by Gasteiger charge is -2.07. The topological polar surface area (TPSA) is 46.5 Å². The SMILES string of the molecule is Cc1cc(C(=O)O)ccc1OCC=Cc1ccccc1. The lowest BCUT2D eigenvalue weighted by Crippen LogP contribution is -2.00. The van der Waals surface area contributed by atoms with E-state index in [-0.39, 0.29) is 5.56 Å². The van der Waals surface area contributed by atoms with E-state index in [1.807, 2.05) is 49.4 Å². The second kappa shape index (κ2) is 6.57. The molecule has 2 aromatic rings. The summed E-state index contributed by atoms with van der Waals surface area (Å²) in [7, 11) is 0. The first kappa shape index (κ1) is 13.9. The normalized spacial score (nSPS) is 10.7. The Bertz CT molecular complexity index is 615. The van der Waals surface area contributed by atoms with Gasteiger partial charge in [0.2, 0.25) is 0 Å². The van der Waals surface area contributed by atoms with Crippen molar-refractivity contribution in [2.24, 2.45) is 0 Å². The zero-order chi connectivity index (χ0) is 14.4.